The van der Waals surface area contributed by atoms with Gasteiger partial charge in [-0.3, -0.25) is 10.1 Å². The quantitative estimate of drug-likeness (QED) is 0.496. The van der Waals surface area contributed by atoms with Crippen LogP contribution in [0.1, 0.15) is 36.8 Å². The van der Waals surface area contributed by atoms with Crippen LogP contribution in [0.2, 0.25) is 5.02 Å². The Morgan fingerprint density at radius 1 is 1.17 bits per heavy atom. The second kappa shape index (κ2) is 9.45. The number of hydrogen-bond donors (Lipinski definition) is 2. The molecule has 182 valence electrons. The number of benzene rings is 1. The van der Waals surface area contributed by atoms with Crippen LogP contribution < -0.4 is 14.9 Å². The summed E-state index contributed by atoms with van der Waals surface area (Å²) in [7, 11) is -3.61. The Morgan fingerprint density at radius 2 is 1.94 bits per heavy atom. The van der Waals surface area contributed by atoms with Crippen LogP contribution in [-0.2, 0) is 20.6 Å². The van der Waals surface area contributed by atoms with Crippen LogP contribution >= 0.6 is 11.6 Å². The number of sulfonamides is 1. The smallest absolute Gasteiger partial charge is 0.249 e. The summed E-state index contributed by atoms with van der Waals surface area (Å²) in [5.74, 6) is 0.909. The minimum Gasteiger partial charge on any atom is -0.356 e. The molecule has 0 unspecified atom stereocenters. The number of nitriles is 1. The number of hydrogen-bond acceptors (Lipinski definition) is 7. The Labute approximate surface area is 207 Å². The first-order valence-corrected chi connectivity index (χ1v) is 13.4. The lowest BCUT2D eigenvalue weighted by molar-refractivity contribution is -0.117. The van der Waals surface area contributed by atoms with Gasteiger partial charge in [-0.15, -0.1) is 5.10 Å². The minimum atomic E-state index is -3.61. The zero-order chi connectivity index (χ0) is 24.6. The fourth-order valence-electron chi connectivity index (χ4n) is 4.20. The molecule has 10 nitrogen and oxygen atoms in total. The molecule has 3 aromatic rings. The molecular weight excluding hydrogens is 490 g/mol. The van der Waals surface area contributed by atoms with E-state index in [1.807, 2.05) is 24.3 Å². The summed E-state index contributed by atoms with van der Waals surface area (Å²) in [5.41, 5.74) is 1.48. The first kappa shape index (κ1) is 23.5. The molecule has 5 rings (SSSR count). The van der Waals surface area contributed by atoms with Crippen molar-refractivity contribution in [3.8, 4) is 6.07 Å². The molecule has 2 aromatic heterocycles. The van der Waals surface area contributed by atoms with E-state index in [4.69, 9.17) is 16.9 Å². The second-order valence-corrected chi connectivity index (χ2v) is 11.1. The average Bonchev–Trinajstić information content (AvgIpc) is 3.60. The van der Waals surface area contributed by atoms with Crippen LogP contribution in [0, 0.1) is 17.2 Å². The standard InChI is InChI=1S/C23H24ClN7O3S/c24-19-12-15(13-25)4-5-17(19)14-35(33,34)29-18-8-10-30(11-9-18)21-3-1-2-20-26-23(28-31(20)21)27-22(32)16-6-7-16/h1-5,12,16,18,29H,6-11,14H2,(H,27,28,32). The molecule has 2 N–H and O–H groups in total. The topological polar surface area (TPSA) is 132 Å². The molecular formula is C23H24ClN7O3S. The molecule has 1 saturated heterocycles. The molecule has 3 heterocycles. The number of carbonyl (C=O) groups is 1. The Hall–Kier alpha value is -3.20. The summed E-state index contributed by atoms with van der Waals surface area (Å²) >= 11 is 6.15. The van der Waals surface area contributed by atoms with Crippen molar-refractivity contribution in [1.82, 2.24) is 19.3 Å². The van der Waals surface area contributed by atoms with E-state index in [9.17, 15) is 13.2 Å². The highest BCUT2D eigenvalue weighted by Crippen LogP contribution is 2.30. The SMILES string of the molecule is N#Cc1ccc(CS(=O)(=O)NC2CCN(c3cccc4nc(NC(=O)C5CC5)nn34)CC2)c(Cl)c1. The average molecular weight is 514 g/mol. The largest absolute Gasteiger partial charge is 0.356 e. The molecule has 1 amide bonds. The van der Waals surface area contributed by atoms with Crippen LogP contribution in [0.4, 0.5) is 11.8 Å². The van der Waals surface area contributed by atoms with E-state index in [1.165, 1.54) is 6.07 Å². The van der Waals surface area contributed by atoms with Gasteiger partial charge < -0.3 is 4.90 Å². The van der Waals surface area contributed by atoms with E-state index >= 15 is 0 Å². The third-order valence-corrected chi connectivity index (χ3v) is 7.95. The number of pyridine rings is 1. The van der Waals surface area contributed by atoms with Gasteiger partial charge in [-0.1, -0.05) is 23.7 Å². The highest BCUT2D eigenvalue weighted by molar-refractivity contribution is 7.88. The van der Waals surface area contributed by atoms with Gasteiger partial charge in [0.2, 0.25) is 21.9 Å². The molecule has 2 fully saturated rings. The van der Waals surface area contributed by atoms with E-state index in [2.05, 4.69) is 25.0 Å². The third kappa shape index (κ3) is 5.40. The van der Waals surface area contributed by atoms with Gasteiger partial charge in [0.05, 0.1) is 17.4 Å². The number of nitrogens with one attached hydrogen (secondary N) is 2. The lowest BCUT2D eigenvalue weighted by atomic mass is 10.1. The molecule has 2 aliphatic rings. The van der Waals surface area contributed by atoms with Gasteiger partial charge >= 0.3 is 0 Å². The summed E-state index contributed by atoms with van der Waals surface area (Å²) in [6.07, 6.45) is 3.06. The Morgan fingerprint density at radius 3 is 2.63 bits per heavy atom. The van der Waals surface area contributed by atoms with Crippen molar-refractivity contribution in [2.45, 2.75) is 37.5 Å². The molecule has 0 spiro atoms. The van der Waals surface area contributed by atoms with E-state index in [1.54, 1.807) is 16.6 Å². The third-order valence-electron chi connectivity index (χ3n) is 6.22. The van der Waals surface area contributed by atoms with E-state index < -0.39 is 10.0 Å². The van der Waals surface area contributed by atoms with Gasteiger partial charge in [0.15, 0.2) is 5.65 Å². The van der Waals surface area contributed by atoms with Crippen molar-refractivity contribution in [1.29, 1.82) is 5.26 Å². The number of anilines is 2. The maximum absolute atomic E-state index is 12.7. The van der Waals surface area contributed by atoms with Gasteiger partial charge in [-0.2, -0.15) is 14.8 Å². The lowest BCUT2D eigenvalue weighted by Crippen LogP contribution is -2.45. The molecule has 1 aliphatic carbocycles. The Bertz CT molecular complexity index is 1420. The highest BCUT2D eigenvalue weighted by Gasteiger charge is 2.30. The fourth-order valence-corrected chi connectivity index (χ4v) is 6.02. The molecule has 0 radical (unpaired) electrons. The summed E-state index contributed by atoms with van der Waals surface area (Å²) in [4.78, 5) is 18.6. The summed E-state index contributed by atoms with van der Waals surface area (Å²) in [6, 6.07) is 12.0. The molecule has 1 aliphatic heterocycles. The van der Waals surface area contributed by atoms with Crippen LogP contribution in [0.3, 0.4) is 0 Å². The molecule has 0 atom stereocenters. The predicted octanol–water partition coefficient (Wildman–Crippen LogP) is 2.69. The van der Waals surface area contributed by atoms with E-state index in [0.717, 1.165) is 18.7 Å². The van der Waals surface area contributed by atoms with Crippen molar-refractivity contribution in [3.63, 3.8) is 0 Å². The molecule has 12 heteroatoms. The van der Waals surface area contributed by atoms with Gasteiger partial charge in [0, 0.05) is 30.1 Å². The van der Waals surface area contributed by atoms with Crippen LogP contribution in [0.15, 0.2) is 36.4 Å². The summed E-state index contributed by atoms with van der Waals surface area (Å²) in [6.45, 7) is 1.26. The van der Waals surface area contributed by atoms with Gasteiger partial charge in [0.1, 0.15) is 5.82 Å². The number of amides is 1. The number of rotatable bonds is 7. The maximum Gasteiger partial charge on any atom is 0.249 e. The van der Waals surface area contributed by atoms with Crippen molar-refractivity contribution < 1.29 is 13.2 Å². The zero-order valence-electron chi connectivity index (χ0n) is 18.8. The number of aromatic nitrogens is 3. The van der Waals surface area contributed by atoms with Crippen molar-refractivity contribution in [2.75, 3.05) is 23.3 Å². The van der Waals surface area contributed by atoms with Crippen molar-refractivity contribution >= 4 is 44.9 Å². The van der Waals surface area contributed by atoms with Gasteiger partial charge in [0.25, 0.3) is 0 Å². The number of piperidine rings is 1. The monoisotopic (exact) mass is 513 g/mol. The molecule has 0 bridgehead atoms. The summed E-state index contributed by atoms with van der Waals surface area (Å²) < 4.78 is 30.0. The second-order valence-electron chi connectivity index (χ2n) is 8.91. The fraction of sp³-hybridized carbons (Fsp3) is 0.391. The number of fused-ring (bicyclic) bond motifs is 1. The van der Waals surface area contributed by atoms with Crippen LogP contribution in [0.25, 0.3) is 5.65 Å². The maximum atomic E-state index is 12.7. The zero-order valence-corrected chi connectivity index (χ0v) is 20.4. The van der Waals surface area contributed by atoms with Crippen LogP contribution in [0.5, 0.6) is 0 Å². The minimum absolute atomic E-state index is 0.0437. The first-order chi connectivity index (χ1) is 16.8. The normalized spacial score (nSPS) is 16.9. The van der Waals surface area contributed by atoms with Gasteiger partial charge in [-0.25, -0.2) is 13.1 Å². The molecule has 35 heavy (non-hydrogen) atoms. The Balaban J connectivity index is 1.22. The van der Waals surface area contributed by atoms with Gasteiger partial charge in [-0.05, 0) is 55.5 Å². The Kier molecular flexibility index (Phi) is 6.35. The van der Waals surface area contributed by atoms with Crippen LogP contribution in [-0.4, -0.2) is 48.1 Å². The number of nitrogens with zero attached hydrogens (tertiary/aromatic N) is 5. The predicted molar refractivity (Wildman–Crippen MR) is 132 cm³/mol. The number of carbonyl (C=O) groups excluding carboxylic acids is 1. The number of halogens is 1. The highest BCUT2D eigenvalue weighted by atomic mass is 35.5. The summed E-state index contributed by atoms with van der Waals surface area (Å²) in [5, 5.41) is 16.5. The van der Waals surface area contributed by atoms with Crippen molar-refractivity contribution in [3.05, 3.63) is 52.5 Å². The molecule has 1 aromatic carbocycles. The first-order valence-electron chi connectivity index (χ1n) is 11.4. The van der Waals surface area contributed by atoms with Crippen molar-refractivity contribution in [2.24, 2.45) is 5.92 Å². The van der Waals surface area contributed by atoms with E-state index in [0.29, 0.717) is 48.7 Å². The lowest BCUT2D eigenvalue weighted by Gasteiger charge is -2.33. The molecule has 1 saturated carbocycles. The van der Waals surface area contributed by atoms with E-state index in [-0.39, 0.29) is 28.6 Å².